The minimum absolute atomic E-state index is 0.0103. The van der Waals surface area contributed by atoms with Gasteiger partial charge in [0.15, 0.2) is 0 Å². The number of carbonyl (C=O) groups excluding carboxylic acids is 2. The number of halogens is 1. The van der Waals surface area contributed by atoms with E-state index >= 15 is 0 Å². The summed E-state index contributed by atoms with van der Waals surface area (Å²) in [5, 5.41) is 30.5. The number of ketones is 1. The third-order valence-corrected chi connectivity index (χ3v) is 4.79. The zero-order valence-electron chi connectivity index (χ0n) is 16.2. The number of amides is 1. The molecule has 2 aromatic rings. The second-order valence-corrected chi connectivity index (χ2v) is 6.68. The van der Waals surface area contributed by atoms with Gasteiger partial charge in [-0.1, -0.05) is 12.1 Å². The molecule has 0 aliphatic carbocycles. The topological polar surface area (TPSA) is 130 Å². The highest BCUT2D eigenvalue weighted by atomic mass is 19.1. The predicted molar refractivity (Wildman–Crippen MR) is 106 cm³/mol. The number of likely N-dealkylation sites (tertiary alicyclic amines) is 1. The maximum Gasteiger partial charge on any atom is 0.295 e. The number of hydrogen-bond donors (Lipinski definition) is 2. The first-order valence-electron chi connectivity index (χ1n) is 9.32. The fourth-order valence-electron chi connectivity index (χ4n) is 3.33. The Kier molecular flexibility index (Phi) is 6.73. The average Bonchev–Trinajstić information content (AvgIpc) is 3.01. The maximum absolute atomic E-state index is 13.4. The molecular formula is C21H19FN2O7. The number of Topliss-reactive ketones (excluding diaryl/α,β-unsaturated/α-hetero) is 1. The summed E-state index contributed by atoms with van der Waals surface area (Å²) >= 11 is 0. The Morgan fingerprint density at radius 3 is 2.32 bits per heavy atom. The van der Waals surface area contributed by atoms with Gasteiger partial charge in [0.25, 0.3) is 17.4 Å². The number of non-ortho nitro benzene ring substituents is 1. The van der Waals surface area contributed by atoms with Gasteiger partial charge in [0.1, 0.15) is 11.6 Å². The number of nitro benzene ring substituents is 1. The molecule has 0 aromatic heterocycles. The predicted octanol–water partition coefficient (Wildman–Crippen LogP) is 2.16. The molecule has 1 heterocycles. The SMILES string of the molecule is O=C1C(=O)N(CCOCCO)[C@H](c2ccc(F)cc2)/C1=C(\O)c1ccc([N+](=O)[O-])cc1. The summed E-state index contributed by atoms with van der Waals surface area (Å²) in [4.78, 5) is 36.9. The van der Waals surface area contributed by atoms with Gasteiger partial charge in [-0.05, 0) is 29.8 Å². The molecule has 0 bridgehead atoms. The number of nitro groups is 1. The third kappa shape index (κ3) is 4.60. The van der Waals surface area contributed by atoms with Gasteiger partial charge in [0.05, 0.1) is 36.4 Å². The molecule has 1 aliphatic heterocycles. The monoisotopic (exact) mass is 430 g/mol. The summed E-state index contributed by atoms with van der Waals surface area (Å²) in [6.07, 6.45) is 0. The molecule has 9 nitrogen and oxygen atoms in total. The number of nitrogens with zero attached hydrogens (tertiary/aromatic N) is 2. The highest BCUT2D eigenvalue weighted by molar-refractivity contribution is 6.46. The summed E-state index contributed by atoms with van der Waals surface area (Å²) in [6.45, 7) is -0.138. The Morgan fingerprint density at radius 2 is 1.74 bits per heavy atom. The number of ether oxygens (including phenoxy) is 1. The Hall–Kier alpha value is -3.63. The van der Waals surface area contributed by atoms with Gasteiger partial charge in [-0.25, -0.2) is 4.39 Å². The first kappa shape index (κ1) is 22.1. The third-order valence-electron chi connectivity index (χ3n) is 4.79. The summed E-state index contributed by atoms with van der Waals surface area (Å²) in [5.41, 5.74) is 0.0965. The first-order valence-corrected chi connectivity index (χ1v) is 9.32. The van der Waals surface area contributed by atoms with Crippen LogP contribution in [0.15, 0.2) is 54.1 Å². The van der Waals surface area contributed by atoms with Crippen LogP contribution in [0.1, 0.15) is 17.2 Å². The standard InChI is InChI=1S/C21H19FN2O7/c22-15-5-1-13(2-6-15)18-17(19(26)14-3-7-16(8-4-14)24(29)30)20(27)21(28)23(18)9-11-31-12-10-25/h1-8,18,25-26H,9-12H2/b19-17+/t18-/m1/s1. The van der Waals surface area contributed by atoms with Crippen molar-refractivity contribution in [2.45, 2.75) is 6.04 Å². The van der Waals surface area contributed by atoms with Crippen molar-refractivity contribution in [3.63, 3.8) is 0 Å². The maximum atomic E-state index is 13.4. The van der Waals surface area contributed by atoms with Crippen molar-refractivity contribution in [2.75, 3.05) is 26.4 Å². The van der Waals surface area contributed by atoms with Crippen LogP contribution in [-0.2, 0) is 14.3 Å². The van der Waals surface area contributed by atoms with Gasteiger partial charge >= 0.3 is 0 Å². The van der Waals surface area contributed by atoms with Gasteiger partial charge in [-0.15, -0.1) is 0 Å². The lowest BCUT2D eigenvalue weighted by molar-refractivity contribution is -0.384. The van der Waals surface area contributed by atoms with E-state index in [0.29, 0.717) is 5.56 Å². The second kappa shape index (κ2) is 9.45. The van der Waals surface area contributed by atoms with E-state index in [9.17, 15) is 29.2 Å². The Morgan fingerprint density at radius 1 is 1.10 bits per heavy atom. The van der Waals surface area contributed by atoms with Crippen LogP contribution in [0.2, 0.25) is 0 Å². The van der Waals surface area contributed by atoms with Crippen LogP contribution < -0.4 is 0 Å². The highest BCUT2D eigenvalue weighted by Gasteiger charge is 2.45. The highest BCUT2D eigenvalue weighted by Crippen LogP contribution is 2.39. The molecule has 1 amide bonds. The van der Waals surface area contributed by atoms with E-state index in [1.54, 1.807) is 0 Å². The van der Waals surface area contributed by atoms with E-state index < -0.39 is 34.2 Å². The van der Waals surface area contributed by atoms with Crippen LogP contribution in [0, 0.1) is 15.9 Å². The van der Waals surface area contributed by atoms with Crippen molar-refractivity contribution in [1.82, 2.24) is 4.90 Å². The van der Waals surface area contributed by atoms with Gasteiger partial charge < -0.3 is 19.8 Å². The molecule has 1 atom stereocenters. The van der Waals surface area contributed by atoms with Crippen molar-refractivity contribution < 1.29 is 33.9 Å². The van der Waals surface area contributed by atoms with Crippen LogP contribution >= 0.6 is 0 Å². The van der Waals surface area contributed by atoms with Crippen molar-refractivity contribution in [3.8, 4) is 0 Å². The second-order valence-electron chi connectivity index (χ2n) is 6.68. The molecule has 31 heavy (non-hydrogen) atoms. The van der Waals surface area contributed by atoms with Gasteiger partial charge in [-0.2, -0.15) is 0 Å². The fraction of sp³-hybridized carbons (Fsp3) is 0.238. The van der Waals surface area contributed by atoms with E-state index in [-0.39, 0.29) is 43.2 Å². The largest absolute Gasteiger partial charge is 0.507 e. The van der Waals surface area contributed by atoms with Crippen LogP contribution in [-0.4, -0.2) is 58.1 Å². The van der Waals surface area contributed by atoms with Crippen molar-refractivity contribution in [3.05, 3.63) is 81.2 Å². The summed E-state index contributed by atoms with van der Waals surface area (Å²) in [6, 6.07) is 9.01. The van der Waals surface area contributed by atoms with E-state index in [1.807, 2.05) is 0 Å². The zero-order chi connectivity index (χ0) is 22.5. The van der Waals surface area contributed by atoms with E-state index in [4.69, 9.17) is 9.84 Å². The van der Waals surface area contributed by atoms with E-state index in [2.05, 4.69) is 0 Å². The quantitative estimate of drug-likeness (QED) is 0.164. The molecule has 1 aliphatic rings. The number of aliphatic hydroxyl groups excluding tert-OH is 2. The Bertz CT molecular complexity index is 1020. The van der Waals surface area contributed by atoms with Crippen molar-refractivity contribution in [2.24, 2.45) is 0 Å². The molecule has 0 spiro atoms. The van der Waals surface area contributed by atoms with Crippen LogP contribution in [0.25, 0.3) is 5.76 Å². The zero-order valence-corrected chi connectivity index (χ0v) is 16.2. The summed E-state index contributed by atoms with van der Waals surface area (Å²) in [5.74, 6) is -2.82. The minimum atomic E-state index is -1.01. The molecule has 10 heteroatoms. The van der Waals surface area contributed by atoms with E-state index in [0.717, 1.165) is 0 Å². The smallest absolute Gasteiger partial charge is 0.295 e. The number of benzene rings is 2. The van der Waals surface area contributed by atoms with E-state index in [1.165, 1.54) is 53.4 Å². The molecule has 2 aromatic carbocycles. The minimum Gasteiger partial charge on any atom is -0.507 e. The average molecular weight is 430 g/mol. The normalized spacial score (nSPS) is 17.9. The first-order chi connectivity index (χ1) is 14.8. The van der Waals surface area contributed by atoms with Gasteiger partial charge in [-0.3, -0.25) is 19.7 Å². The Labute approximate surface area is 176 Å². The van der Waals surface area contributed by atoms with Crippen molar-refractivity contribution >= 4 is 23.1 Å². The van der Waals surface area contributed by atoms with Gasteiger partial charge in [0, 0.05) is 24.2 Å². The number of carbonyl (C=O) groups is 2. The molecular weight excluding hydrogens is 411 g/mol. The van der Waals surface area contributed by atoms with Crippen LogP contribution in [0.3, 0.4) is 0 Å². The number of aliphatic hydroxyl groups is 2. The molecule has 0 radical (unpaired) electrons. The van der Waals surface area contributed by atoms with Crippen LogP contribution in [0.4, 0.5) is 10.1 Å². The lowest BCUT2D eigenvalue weighted by Crippen LogP contribution is -2.33. The summed E-state index contributed by atoms with van der Waals surface area (Å²) < 4.78 is 18.6. The Balaban J connectivity index is 2.05. The molecule has 1 fully saturated rings. The van der Waals surface area contributed by atoms with Crippen LogP contribution in [0.5, 0.6) is 0 Å². The lowest BCUT2D eigenvalue weighted by Gasteiger charge is -2.25. The molecule has 2 N–H and O–H groups in total. The number of hydrogen-bond acceptors (Lipinski definition) is 7. The molecule has 3 rings (SSSR count). The summed E-state index contributed by atoms with van der Waals surface area (Å²) in [7, 11) is 0. The van der Waals surface area contributed by atoms with Gasteiger partial charge in [0.2, 0.25) is 0 Å². The molecule has 1 saturated heterocycles. The lowest BCUT2D eigenvalue weighted by atomic mass is 9.95. The molecule has 0 unspecified atom stereocenters. The number of rotatable bonds is 8. The molecule has 162 valence electrons. The van der Waals surface area contributed by atoms with Crippen molar-refractivity contribution in [1.29, 1.82) is 0 Å². The fourth-order valence-corrected chi connectivity index (χ4v) is 3.33. The molecule has 0 saturated carbocycles.